The van der Waals surface area contributed by atoms with Crippen LogP contribution >= 0.6 is 0 Å². The maximum Gasteiger partial charge on any atom is 0.150 e. The van der Waals surface area contributed by atoms with Gasteiger partial charge in [-0.25, -0.2) is 0 Å². The number of benzene rings is 2. The summed E-state index contributed by atoms with van der Waals surface area (Å²) >= 11 is 0. The first-order valence-electron chi connectivity index (χ1n) is 14.0. The SMILES string of the molecule is CCCCCCc1c(C=O)c2c(c(CCCC)c1CCCC)-c1c(CCCC)cccc1C2. The van der Waals surface area contributed by atoms with Crippen LogP contribution in [0.25, 0.3) is 11.1 Å². The summed E-state index contributed by atoms with van der Waals surface area (Å²) in [5, 5.41) is 0. The number of aryl methyl sites for hydroxylation is 1. The van der Waals surface area contributed by atoms with Crippen LogP contribution in [0.4, 0.5) is 0 Å². The Morgan fingerprint density at radius 3 is 1.97 bits per heavy atom. The van der Waals surface area contributed by atoms with Crippen molar-refractivity contribution in [3.63, 3.8) is 0 Å². The second-order valence-corrected chi connectivity index (χ2v) is 10.1. The summed E-state index contributed by atoms with van der Waals surface area (Å²) < 4.78 is 0. The van der Waals surface area contributed by atoms with E-state index in [1.165, 1.54) is 104 Å². The van der Waals surface area contributed by atoms with Gasteiger partial charge >= 0.3 is 0 Å². The summed E-state index contributed by atoms with van der Waals surface area (Å²) in [4.78, 5) is 12.6. The van der Waals surface area contributed by atoms with Gasteiger partial charge in [0.25, 0.3) is 0 Å². The second-order valence-electron chi connectivity index (χ2n) is 10.1. The summed E-state index contributed by atoms with van der Waals surface area (Å²) in [6.45, 7) is 9.15. The van der Waals surface area contributed by atoms with Crippen LogP contribution in [0.1, 0.15) is 136 Å². The highest BCUT2D eigenvalue weighted by Gasteiger charge is 2.30. The number of rotatable bonds is 15. The Morgan fingerprint density at radius 2 is 1.30 bits per heavy atom. The maximum absolute atomic E-state index is 12.6. The van der Waals surface area contributed by atoms with Gasteiger partial charge in [0.15, 0.2) is 6.29 Å². The predicted octanol–water partition coefficient (Wildman–Crippen LogP) is 9.22. The molecule has 0 saturated carbocycles. The largest absolute Gasteiger partial charge is 0.298 e. The van der Waals surface area contributed by atoms with E-state index in [2.05, 4.69) is 45.9 Å². The number of carbonyl (C=O) groups is 1. The van der Waals surface area contributed by atoms with Gasteiger partial charge in [0, 0.05) is 5.56 Å². The van der Waals surface area contributed by atoms with E-state index in [-0.39, 0.29) is 0 Å². The van der Waals surface area contributed by atoms with Crippen molar-refractivity contribution in [3.8, 4) is 11.1 Å². The van der Waals surface area contributed by atoms with Gasteiger partial charge in [-0.15, -0.1) is 0 Å². The Bertz CT molecular complexity index is 921. The van der Waals surface area contributed by atoms with Crippen LogP contribution < -0.4 is 0 Å². The van der Waals surface area contributed by atoms with E-state index in [4.69, 9.17) is 0 Å². The van der Waals surface area contributed by atoms with Crippen molar-refractivity contribution in [2.24, 2.45) is 0 Å². The molecule has 2 aromatic carbocycles. The van der Waals surface area contributed by atoms with E-state index >= 15 is 0 Å². The average molecular weight is 447 g/mol. The lowest BCUT2D eigenvalue weighted by atomic mass is 9.80. The Balaban J connectivity index is 2.22. The molecule has 0 radical (unpaired) electrons. The van der Waals surface area contributed by atoms with Crippen molar-refractivity contribution < 1.29 is 4.79 Å². The zero-order chi connectivity index (χ0) is 23.6. The van der Waals surface area contributed by atoms with Crippen molar-refractivity contribution in [1.82, 2.24) is 0 Å². The van der Waals surface area contributed by atoms with E-state index < -0.39 is 0 Å². The van der Waals surface area contributed by atoms with Crippen molar-refractivity contribution in [1.29, 1.82) is 0 Å². The van der Waals surface area contributed by atoms with Crippen LogP contribution in [0.3, 0.4) is 0 Å². The highest BCUT2D eigenvalue weighted by molar-refractivity contribution is 5.92. The molecule has 1 nitrogen and oxygen atoms in total. The fraction of sp³-hybridized carbons (Fsp3) is 0.594. The molecule has 0 heterocycles. The molecule has 0 amide bonds. The number of aldehydes is 1. The number of hydrogen-bond donors (Lipinski definition) is 0. The Labute approximate surface area is 203 Å². The monoisotopic (exact) mass is 446 g/mol. The summed E-state index contributed by atoms with van der Waals surface area (Å²) in [5.74, 6) is 0. The van der Waals surface area contributed by atoms with Gasteiger partial charge in [0.05, 0.1) is 0 Å². The van der Waals surface area contributed by atoms with Crippen LogP contribution in [0.15, 0.2) is 18.2 Å². The third kappa shape index (κ3) is 5.79. The molecule has 0 unspecified atom stereocenters. The number of fused-ring (bicyclic) bond motifs is 3. The summed E-state index contributed by atoms with van der Waals surface area (Å²) in [6, 6.07) is 6.90. The Hall–Kier alpha value is -1.89. The molecular weight excluding hydrogens is 400 g/mol. The van der Waals surface area contributed by atoms with E-state index in [0.717, 1.165) is 37.7 Å². The zero-order valence-corrected chi connectivity index (χ0v) is 21.8. The molecule has 0 bridgehead atoms. The number of hydrogen-bond acceptors (Lipinski definition) is 1. The number of carbonyl (C=O) groups excluding carboxylic acids is 1. The normalized spacial score (nSPS) is 12.1. The van der Waals surface area contributed by atoms with Crippen LogP contribution in [0.2, 0.25) is 0 Å². The van der Waals surface area contributed by atoms with Crippen molar-refractivity contribution >= 4 is 6.29 Å². The lowest BCUT2D eigenvalue weighted by molar-refractivity contribution is 0.112. The molecule has 180 valence electrons. The molecule has 0 atom stereocenters. The smallest absolute Gasteiger partial charge is 0.150 e. The van der Waals surface area contributed by atoms with Crippen LogP contribution in [0, 0.1) is 0 Å². The third-order valence-corrected chi connectivity index (χ3v) is 7.60. The fourth-order valence-corrected chi connectivity index (χ4v) is 5.81. The fourth-order valence-electron chi connectivity index (χ4n) is 5.81. The van der Waals surface area contributed by atoms with E-state index in [1.54, 1.807) is 11.1 Å². The lowest BCUT2D eigenvalue weighted by Crippen LogP contribution is -2.10. The predicted molar refractivity (Wildman–Crippen MR) is 144 cm³/mol. The van der Waals surface area contributed by atoms with E-state index in [9.17, 15) is 4.79 Å². The summed E-state index contributed by atoms with van der Waals surface area (Å²) in [5.41, 5.74) is 12.8. The molecule has 0 N–H and O–H groups in total. The van der Waals surface area contributed by atoms with Gasteiger partial charge in [0.1, 0.15) is 0 Å². The number of unbranched alkanes of at least 4 members (excludes halogenated alkanes) is 6. The molecule has 33 heavy (non-hydrogen) atoms. The molecule has 0 aliphatic heterocycles. The van der Waals surface area contributed by atoms with Crippen molar-refractivity contribution in [3.05, 3.63) is 57.1 Å². The van der Waals surface area contributed by atoms with Gasteiger partial charge in [-0.1, -0.05) is 84.4 Å². The first-order chi connectivity index (χ1) is 16.2. The average Bonchev–Trinajstić information content (AvgIpc) is 3.22. The first kappa shape index (κ1) is 25.7. The first-order valence-corrected chi connectivity index (χ1v) is 14.0. The van der Waals surface area contributed by atoms with E-state index in [0.29, 0.717) is 0 Å². The van der Waals surface area contributed by atoms with Crippen LogP contribution in [0.5, 0.6) is 0 Å². The van der Waals surface area contributed by atoms with Crippen LogP contribution in [-0.4, -0.2) is 6.29 Å². The molecule has 0 fully saturated rings. The summed E-state index contributed by atoms with van der Waals surface area (Å²) in [6.07, 6.45) is 19.0. The van der Waals surface area contributed by atoms with Gasteiger partial charge in [-0.2, -0.15) is 0 Å². The highest BCUT2D eigenvalue weighted by atomic mass is 16.1. The molecule has 2 aromatic rings. The topological polar surface area (TPSA) is 17.1 Å². The molecule has 1 aliphatic rings. The highest BCUT2D eigenvalue weighted by Crippen LogP contribution is 2.46. The molecule has 0 saturated heterocycles. The molecule has 1 heteroatoms. The van der Waals surface area contributed by atoms with Crippen molar-refractivity contribution in [2.75, 3.05) is 0 Å². The molecular formula is C32H46O. The van der Waals surface area contributed by atoms with E-state index in [1.807, 2.05) is 0 Å². The van der Waals surface area contributed by atoms with Crippen molar-refractivity contribution in [2.45, 2.75) is 124 Å². The zero-order valence-electron chi connectivity index (χ0n) is 21.8. The second kappa shape index (κ2) is 13.1. The third-order valence-electron chi connectivity index (χ3n) is 7.60. The Kier molecular flexibility index (Phi) is 10.2. The molecule has 3 rings (SSSR count). The van der Waals surface area contributed by atoms with Gasteiger partial charge < -0.3 is 0 Å². The standard InChI is InChI=1S/C32H46O/c1-5-9-13-14-21-27-26(19-11-7-3)28(20-12-8-4)32-29(30(27)23-33)22-25-18-15-17-24(31(25)32)16-10-6-2/h15,17-18,23H,5-14,16,19-22H2,1-4H3. The minimum atomic E-state index is 0.938. The van der Waals surface area contributed by atoms with Crippen LogP contribution in [-0.2, 0) is 32.1 Å². The Morgan fingerprint density at radius 1 is 0.667 bits per heavy atom. The van der Waals surface area contributed by atoms with Gasteiger partial charge in [-0.3, -0.25) is 4.79 Å². The van der Waals surface area contributed by atoms with Gasteiger partial charge in [-0.05, 0) is 102 Å². The maximum atomic E-state index is 12.6. The summed E-state index contributed by atoms with van der Waals surface area (Å²) in [7, 11) is 0. The molecule has 0 spiro atoms. The molecule has 0 aromatic heterocycles. The quantitative estimate of drug-likeness (QED) is 0.168. The minimum absolute atomic E-state index is 0.938. The molecule has 1 aliphatic carbocycles. The lowest BCUT2D eigenvalue weighted by Gasteiger charge is -2.23. The van der Waals surface area contributed by atoms with Gasteiger partial charge in [0.2, 0.25) is 0 Å². The minimum Gasteiger partial charge on any atom is -0.298 e.